The predicted molar refractivity (Wildman–Crippen MR) is 136 cm³/mol. The molecule has 6 rings (SSSR count). The molecule has 0 atom stereocenters. The zero-order valence-electron chi connectivity index (χ0n) is 20.4. The maximum Gasteiger partial charge on any atom is 0.207 e. The van der Waals surface area contributed by atoms with Crippen LogP contribution in [0.3, 0.4) is 0 Å². The van der Waals surface area contributed by atoms with Crippen molar-refractivity contribution in [2.45, 2.75) is 44.1 Å². The molecule has 0 radical (unpaired) electrons. The standard InChI is InChI=1S/C20H21F2N5O.C6H10N2/c1-26-17-16(14-4-3-13(21)11-15(14)22)23-18(12-5-9-28-10-6-12)24-19(17)25-20(26)27-7-2-8-27;7-4-1-5-8-6-2-3-6/h3-4,11-12H,2,5-10H2,1H3;1,4-6H,2-3,7H2/b;4-1-,8-5?. The van der Waals surface area contributed by atoms with E-state index >= 15 is 0 Å². The summed E-state index contributed by atoms with van der Waals surface area (Å²) in [6, 6.07) is 4.21. The first-order valence-electron chi connectivity index (χ1n) is 12.5. The highest BCUT2D eigenvalue weighted by atomic mass is 19.1. The second-order valence-corrected chi connectivity index (χ2v) is 9.34. The van der Waals surface area contributed by atoms with E-state index in [9.17, 15) is 8.78 Å². The normalized spacial score (nSPS) is 18.6. The Hall–Kier alpha value is -3.40. The number of nitrogens with zero attached hydrogens (tertiary/aromatic N) is 6. The van der Waals surface area contributed by atoms with Gasteiger partial charge in [-0.2, -0.15) is 4.98 Å². The Morgan fingerprint density at radius 1 is 1.08 bits per heavy atom. The van der Waals surface area contributed by atoms with E-state index < -0.39 is 11.6 Å². The summed E-state index contributed by atoms with van der Waals surface area (Å²) in [6.45, 7) is 3.20. The molecular weight excluding hydrogens is 464 g/mol. The van der Waals surface area contributed by atoms with Gasteiger partial charge in [-0.25, -0.2) is 18.7 Å². The molecule has 10 heteroatoms. The lowest BCUT2D eigenvalue weighted by atomic mass is 9.99. The Kier molecular flexibility index (Phi) is 7.22. The minimum absolute atomic E-state index is 0.148. The highest BCUT2D eigenvalue weighted by Gasteiger charge is 2.27. The fourth-order valence-electron chi connectivity index (χ4n) is 4.37. The van der Waals surface area contributed by atoms with Gasteiger partial charge in [0, 0.05) is 57.1 Å². The molecule has 0 unspecified atom stereocenters. The lowest BCUT2D eigenvalue weighted by Gasteiger charge is -2.31. The summed E-state index contributed by atoms with van der Waals surface area (Å²) in [5.41, 5.74) is 7.02. The number of benzene rings is 1. The number of hydrogen-bond donors (Lipinski definition) is 1. The van der Waals surface area contributed by atoms with Crippen LogP contribution < -0.4 is 10.6 Å². The summed E-state index contributed by atoms with van der Waals surface area (Å²) in [4.78, 5) is 20.5. The molecule has 4 heterocycles. The van der Waals surface area contributed by atoms with Gasteiger partial charge in [0.15, 0.2) is 5.65 Å². The van der Waals surface area contributed by atoms with Crippen LogP contribution in [0.1, 0.15) is 43.8 Å². The van der Waals surface area contributed by atoms with Crippen molar-refractivity contribution in [3.05, 3.63) is 47.9 Å². The summed E-state index contributed by atoms with van der Waals surface area (Å²) in [6.07, 6.45) is 10.3. The number of nitrogens with two attached hydrogens (primary N) is 1. The van der Waals surface area contributed by atoms with Crippen molar-refractivity contribution in [2.24, 2.45) is 17.8 Å². The van der Waals surface area contributed by atoms with Crippen LogP contribution in [-0.2, 0) is 11.8 Å². The Balaban J connectivity index is 0.000000286. The lowest BCUT2D eigenvalue weighted by Crippen LogP contribution is -2.38. The third-order valence-corrected chi connectivity index (χ3v) is 6.68. The number of hydrogen-bond acceptors (Lipinski definition) is 7. The number of aryl methyl sites for hydroxylation is 1. The van der Waals surface area contributed by atoms with Gasteiger partial charge in [0.1, 0.15) is 28.7 Å². The largest absolute Gasteiger partial charge is 0.405 e. The highest BCUT2D eigenvalue weighted by molar-refractivity contribution is 5.89. The predicted octanol–water partition coefficient (Wildman–Crippen LogP) is 4.10. The summed E-state index contributed by atoms with van der Waals surface area (Å²) in [5, 5.41) is 0. The molecule has 190 valence electrons. The number of rotatable bonds is 5. The van der Waals surface area contributed by atoms with Gasteiger partial charge in [-0.15, -0.1) is 0 Å². The van der Waals surface area contributed by atoms with E-state index in [1.807, 2.05) is 11.6 Å². The van der Waals surface area contributed by atoms with E-state index in [2.05, 4.69) is 9.89 Å². The van der Waals surface area contributed by atoms with Gasteiger partial charge in [-0.05, 0) is 56.5 Å². The Bertz CT molecular complexity index is 1280. The molecule has 1 aromatic carbocycles. The van der Waals surface area contributed by atoms with Gasteiger partial charge in [0.05, 0.1) is 6.04 Å². The minimum atomic E-state index is -0.635. The second-order valence-electron chi connectivity index (χ2n) is 9.34. The molecule has 1 aliphatic carbocycles. The number of imidazole rings is 1. The minimum Gasteiger partial charge on any atom is -0.405 e. The van der Waals surface area contributed by atoms with E-state index in [1.54, 1.807) is 12.3 Å². The summed E-state index contributed by atoms with van der Waals surface area (Å²) < 4.78 is 35.5. The number of aliphatic imine (C=N–C) groups is 1. The van der Waals surface area contributed by atoms with E-state index in [1.165, 1.54) is 31.2 Å². The van der Waals surface area contributed by atoms with Crippen LogP contribution in [0.25, 0.3) is 22.4 Å². The van der Waals surface area contributed by atoms with E-state index in [4.69, 9.17) is 25.4 Å². The second kappa shape index (κ2) is 10.7. The molecule has 2 saturated heterocycles. The smallest absolute Gasteiger partial charge is 0.207 e. The zero-order chi connectivity index (χ0) is 25.1. The van der Waals surface area contributed by atoms with Crippen molar-refractivity contribution in [1.82, 2.24) is 19.5 Å². The first kappa shape index (κ1) is 24.3. The topological polar surface area (TPSA) is 94.5 Å². The van der Waals surface area contributed by atoms with Crippen LogP contribution in [0.15, 0.2) is 35.5 Å². The third kappa shape index (κ3) is 5.23. The molecule has 0 amide bonds. The van der Waals surface area contributed by atoms with Gasteiger partial charge >= 0.3 is 0 Å². The van der Waals surface area contributed by atoms with E-state index in [0.29, 0.717) is 41.9 Å². The summed E-state index contributed by atoms with van der Waals surface area (Å²) >= 11 is 0. The zero-order valence-corrected chi connectivity index (χ0v) is 20.4. The maximum absolute atomic E-state index is 14.7. The van der Waals surface area contributed by atoms with Crippen LogP contribution in [-0.4, -0.2) is 58.1 Å². The van der Waals surface area contributed by atoms with Crippen LogP contribution in [0.4, 0.5) is 14.7 Å². The molecule has 3 aromatic rings. The van der Waals surface area contributed by atoms with Crippen molar-refractivity contribution in [1.29, 1.82) is 0 Å². The Morgan fingerprint density at radius 2 is 1.86 bits per heavy atom. The molecule has 8 nitrogen and oxygen atoms in total. The van der Waals surface area contributed by atoms with Crippen LogP contribution in [0, 0.1) is 11.6 Å². The van der Waals surface area contributed by atoms with Crippen LogP contribution >= 0.6 is 0 Å². The molecule has 2 aliphatic heterocycles. The molecule has 3 fully saturated rings. The highest BCUT2D eigenvalue weighted by Crippen LogP contribution is 2.34. The number of aromatic nitrogens is 4. The molecule has 3 aliphatic rings. The molecule has 2 aromatic heterocycles. The van der Waals surface area contributed by atoms with Crippen molar-refractivity contribution in [3.8, 4) is 11.3 Å². The van der Waals surface area contributed by atoms with Crippen molar-refractivity contribution in [3.63, 3.8) is 0 Å². The molecule has 1 saturated carbocycles. The Labute approximate surface area is 208 Å². The van der Waals surface area contributed by atoms with Gasteiger partial charge in [0.2, 0.25) is 5.95 Å². The molecule has 36 heavy (non-hydrogen) atoms. The molecule has 0 bridgehead atoms. The molecular formula is C26H31F2N7O. The van der Waals surface area contributed by atoms with Gasteiger partial charge < -0.3 is 19.9 Å². The van der Waals surface area contributed by atoms with Gasteiger partial charge in [0.25, 0.3) is 0 Å². The van der Waals surface area contributed by atoms with Crippen molar-refractivity contribution in [2.75, 3.05) is 31.2 Å². The van der Waals surface area contributed by atoms with E-state index in [0.717, 1.165) is 44.4 Å². The van der Waals surface area contributed by atoms with Gasteiger partial charge in [-0.1, -0.05) is 0 Å². The average molecular weight is 496 g/mol. The lowest BCUT2D eigenvalue weighted by molar-refractivity contribution is 0.0836. The fraction of sp³-hybridized carbons (Fsp3) is 0.462. The number of allylic oxidation sites excluding steroid dienone is 1. The van der Waals surface area contributed by atoms with Crippen molar-refractivity contribution < 1.29 is 13.5 Å². The summed E-state index contributed by atoms with van der Waals surface area (Å²) in [7, 11) is 1.89. The summed E-state index contributed by atoms with van der Waals surface area (Å²) in [5.74, 6) is 0.369. The van der Waals surface area contributed by atoms with Gasteiger partial charge in [-0.3, -0.25) is 4.99 Å². The quantitative estimate of drug-likeness (QED) is 0.536. The average Bonchev–Trinajstić information content (AvgIpc) is 3.62. The third-order valence-electron chi connectivity index (χ3n) is 6.68. The number of anilines is 1. The van der Waals surface area contributed by atoms with E-state index in [-0.39, 0.29) is 11.5 Å². The van der Waals surface area contributed by atoms with Crippen LogP contribution in [0.2, 0.25) is 0 Å². The number of fused-ring (bicyclic) bond motifs is 1. The first-order valence-corrected chi connectivity index (χ1v) is 12.5. The molecule has 0 spiro atoms. The monoisotopic (exact) mass is 495 g/mol. The Morgan fingerprint density at radius 3 is 2.50 bits per heavy atom. The molecule has 2 N–H and O–H groups in total. The van der Waals surface area contributed by atoms with Crippen LogP contribution in [0.5, 0.6) is 0 Å². The maximum atomic E-state index is 14.7. The number of ether oxygens (including phenoxy) is 1. The number of halogens is 2. The van der Waals surface area contributed by atoms with Crippen molar-refractivity contribution >= 4 is 23.3 Å². The first-order chi connectivity index (χ1) is 17.5. The SMILES string of the molecule is Cn1c(N2CCC2)nc2nc(C3CCOCC3)nc(-c3ccc(F)cc3F)c21.N/C=C\C=NC1CC1. The fourth-order valence-corrected chi connectivity index (χ4v) is 4.37.